The quantitative estimate of drug-likeness (QED) is 0.168. The van der Waals surface area contributed by atoms with Gasteiger partial charge in [0.15, 0.2) is 0 Å². The molecule has 2 heteroatoms. The maximum atomic E-state index is 6.94. The lowest BCUT2D eigenvalue weighted by Crippen LogP contribution is -2.28. The smallest absolute Gasteiger partial charge is 0.143 e. The summed E-state index contributed by atoms with van der Waals surface area (Å²) >= 11 is 0. The zero-order chi connectivity index (χ0) is 40.0. The summed E-state index contributed by atoms with van der Waals surface area (Å²) in [6.45, 7) is 4.68. The van der Waals surface area contributed by atoms with Crippen molar-refractivity contribution in [2.45, 2.75) is 24.7 Å². The van der Waals surface area contributed by atoms with Crippen LogP contribution in [0.2, 0.25) is 0 Å². The fourth-order valence-electron chi connectivity index (χ4n) is 10.6. The number of hydrogen-bond donors (Lipinski definition) is 0. The molecule has 0 atom stereocenters. The van der Waals surface area contributed by atoms with E-state index in [0.717, 1.165) is 50.1 Å². The normalized spacial score (nSPS) is 14.1. The van der Waals surface area contributed by atoms with Gasteiger partial charge in [-0.15, -0.1) is 0 Å². The lowest BCUT2D eigenvalue weighted by Gasteiger charge is -2.34. The predicted octanol–water partition coefficient (Wildman–Crippen LogP) is 15.4. The summed E-state index contributed by atoms with van der Waals surface area (Å²) in [5.74, 6) is 0. The topological polar surface area (TPSA) is 16.4 Å². The molecule has 2 aliphatic carbocycles. The van der Waals surface area contributed by atoms with Crippen LogP contribution in [0.15, 0.2) is 217 Å². The van der Waals surface area contributed by atoms with Gasteiger partial charge in [-0.2, -0.15) is 0 Å². The number of anilines is 3. The Labute approximate surface area is 350 Å². The van der Waals surface area contributed by atoms with Crippen LogP contribution >= 0.6 is 0 Å². The average Bonchev–Trinajstić information content (AvgIpc) is 3.91. The Kier molecular flexibility index (Phi) is 7.52. The molecule has 0 radical (unpaired) electrons. The van der Waals surface area contributed by atoms with E-state index in [0.29, 0.717) is 0 Å². The summed E-state index contributed by atoms with van der Waals surface area (Å²) < 4.78 is 6.94. The number of benzene rings is 9. The second-order valence-corrected chi connectivity index (χ2v) is 16.8. The van der Waals surface area contributed by atoms with Crippen LogP contribution in [0.25, 0.3) is 55.3 Å². The first-order chi connectivity index (χ1) is 29.5. The van der Waals surface area contributed by atoms with Crippen LogP contribution in [0, 0.1) is 0 Å². The number of para-hydroxylation sites is 2. The molecule has 2 aliphatic rings. The van der Waals surface area contributed by atoms with Gasteiger partial charge in [-0.05, 0) is 97.6 Å². The molecule has 0 aliphatic heterocycles. The van der Waals surface area contributed by atoms with Crippen molar-refractivity contribution < 1.29 is 4.42 Å². The van der Waals surface area contributed by atoms with Crippen LogP contribution in [0.3, 0.4) is 0 Å². The molecule has 0 N–H and O–H groups in total. The van der Waals surface area contributed by atoms with Crippen LogP contribution in [0.5, 0.6) is 0 Å². The van der Waals surface area contributed by atoms with Crippen LogP contribution in [0.1, 0.15) is 47.2 Å². The molecule has 0 saturated heterocycles. The van der Waals surface area contributed by atoms with Crippen molar-refractivity contribution in [1.29, 1.82) is 0 Å². The number of fused-ring (bicyclic) bond motifs is 9. The fourth-order valence-corrected chi connectivity index (χ4v) is 10.6. The zero-order valence-electron chi connectivity index (χ0n) is 33.6. The van der Waals surface area contributed by atoms with Crippen LogP contribution < -0.4 is 4.90 Å². The second-order valence-electron chi connectivity index (χ2n) is 16.8. The summed E-state index contributed by atoms with van der Waals surface area (Å²) in [7, 11) is 0. The number of nitrogens with zero attached hydrogens (tertiary/aromatic N) is 1. The number of furan rings is 1. The molecule has 60 heavy (non-hydrogen) atoms. The first kappa shape index (κ1) is 34.6. The highest BCUT2D eigenvalue weighted by Gasteiger charge is 2.45. The van der Waals surface area contributed by atoms with E-state index >= 15 is 0 Å². The molecule has 10 aromatic rings. The standard InChI is InChI=1S/C58H41NO/c1-57(2)51-25-12-9-20-45(51)48-34-32-42(36-54(48)57)59(41-18-7-4-8-19-41)43-33-35-49-50-24-15-23-44(56(50)60-55(49)37-43)38-28-30-40(31-29-38)58(39-16-5-3-6-17-39)52-26-13-10-21-46(52)47-22-11-14-27-53(47)58/h3-37H,1-2H3. The molecule has 0 spiro atoms. The first-order valence-electron chi connectivity index (χ1n) is 20.9. The lowest BCUT2D eigenvalue weighted by molar-refractivity contribution is 0.660. The molecular formula is C58H41NO. The molecule has 1 heterocycles. The van der Waals surface area contributed by atoms with E-state index in [9.17, 15) is 0 Å². The first-order valence-corrected chi connectivity index (χ1v) is 20.9. The molecule has 0 unspecified atom stereocenters. The van der Waals surface area contributed by atoms with Crippen LogP contribution in [-0.4, -0.2) is 0 Å². The van der Waals surface area contributed by atoms with E-state index in [1.807, 2.05) is 0 Å². The van der Waals surface area contributed by atoms with E-state index in [1.165, 1.54) is 55.6 Å². The fraction of sp³-hybridized carbons (Fsp3) is 0.0690. The summed E-state index contributed by atoms with van der Waals surface area (Å²) in [6, 6.07) is 77.7. The Balaban J connectivity index is 0.970. The van der Waals surface area contributed by atoms with Gasteiger partial charge in [0.1, 0.15) is 11.2 Å². The minimum Gasteiger partial charge on any atom is -0.455 e. The van der Waals surface area contributed by atoms with E-state index < -0.39 is 5.41 Å². The molecule has 284 valence electrons. The molecule has 0 amide bonds. The largest absolute Gasteiger partial charge is 0.455 e. The Morgan fingerprint density at radius 1 is 0.367 bits per heavy atom. The van der Waals surface area contributed by atoms with Gasteiger partial charge in [-0.1, -0.05) is 184 Å². The predicted molar refractivity (Wildman–Crippen MR) is 249 cm³/mol. The molecular weight excluding hydrogens is 727 g/mol. The Morgan fingerprint density at radius 2 is 0.900 bits per heavy atom. The number of rotatable bonds is 6. The van der Waals surface area contributed by atoms with E-state index in [4.69, 9.17) is 4.42 Å². The van der Waals surface area contributed by atoms with Crippen molar-refractivity contribution in [2.75, 3.05) is 4.90 Å². The third-order valence-corrected chi connectivity index (χ3v) is 13.4. The zero-order valence-corrected chi connectivity index (χ0v) is 33.6. The molecule has 12 rings (SSSR count). The molecule has 0 saturated carbocycles. The molecule has 0 bridgehead atoms. The van der Waals surface area contributed by atoms with Gasteiger partial charge in [-0.25, -0.2) is 0 Å². The third-order valence-electron chi connectivity index (χ3n) is 13.4. The van der Waals surface area contributed by atoms with Gasteiger partial charge in [0, 0.05) is 44.9 Å². The minimum atomic E-state index is -0.433. The summed E-state index contributed by atoms with van der Waals surface area (Å²) in [6.07, 6.45) is 0. The van der Waals surface area contributed by atoms with E-state index in [1.54, 1.807) is 0 Å². The Morgan fingerprint density at radius 3 is 1.60 bits per heavy atom. The maximum absolute atomic E-state index is 6.94. The van der Waals surface area contributed by atoms with Gasteiger partial charge >= 0.3 is 0 Å². The van der Waals surface area contributed by atoms with Crippen molar-refractivity contribution in [1.82, 2.24) is 0 Å². The highest BCUT2D eigenvalue weighted by molar-refractivity contribution is 6.10. The second kappa shape index (κ2) is 13.0. The van der Waals surface area contributed by atoms with Gasteiger partial charge < -0.3 is 9.32 Å². The van der Waals surface area contributed by atoms with Gasteiger partial charge in [0.2, 0.25) is 0 Å². The van der Waals surface area contributed by atoms with Crippen molar-refractivity contribution >= 4 is 39.0 Å². The molecule has 0 fully saturated rings. The molecule has 1 aromatic heterocycles. The van der Waals surface area contributed by atoms with Gasteiger partial charge in [-0.3, -0.25) is 0 Å². The minimum absolute atomic E-state index is 0.101. The highest BCUT2D eigenvalue weighted by atomic mass is 16.3. The van der Waals surface area contributed by atoms with Crippen LogP contribution in [0.4, 0.5) is 17.1 Å². The number of hydrogen-bond acceptors (Lipinski definition) is 2. The summed E-state index contributed by atoms with van der Waals surface area (Å²) in [5, 5.41) is 2.22. The van der Waals surface area contributed by atoms with E-state index in [-0.39, 0.29) is 5.41 Å². The van der Waals surface area contributed by atoms with Crippen molar-refractivity contribution in [3.05, 3.63) is 246 Å². The highest BCUT2D eigenvalue weighted by Crippen LogP contribution is 2.56. The van der Waals surface area contributed by atoms with E-state index in [2.05, 4.69) is 231 Å². The summed E-state index contributed by atoms with van der Waals surface area (Å²) in [5.41, 5.74) is 19.8. The Bertz CT molecular complexity index is 3240. The van der Waals surface area contributed by atoms with Gasteiger partial charge in [0.05, 0.1) is 5.41 Å². The van der Waals surface area contributed by atoms with Crippen molar-refractivity contribution in [3.63, 3.8) is 0 Å². The maximum Gasteiger partial charge on any atom is 0.143 e. The van der Waals surface area contributed by atoms with Gasteiger partial charge in [0.25, 0.3) is 0 Å². The molecule has 9 aromatic carbocycles. The third kappa shape index (κ3) is 4.88. The van der Waals surface area contributed by atoms with Crippen molar-refractivity contribution in [3.8, 4) is 33.4 Å². The average molecular weight is 768 g/mol. The lowest BCUT2D eigenvalue weighted by atomic mass is 9.67. The summed E-state index contributed by atoms with van der Waals surface area (Å²) in [4.78, 5) is 2.35. The van der Waals surface area contributed by atoms with Crippen LogP contribution in [-0.2, 0) is 10.8 Å². The molecule has 2 nitrogen and oxygen atoms in total. The Hall–Kier alpha value is -7.42. The SMILES string of the molecule is CC1(C)c2ccccc2-c2ccc(N(c3ccccc3)c3ccc4c(c3)oc3c(-c5ccc(C6(c7ccccc7)c7ccccc7-c7ccccc76)cc5)cccc34)cc21. The van der Waals surface area contributed by atoms with Crippen molar-refractivity contribution in [2.24, 2.45) is 0 Å². The monoisotopic (exact) mass is 767 g/mol.